The van der Waals surface area contributed by atoms with E-state index in [0.29, 0.717) is 20.8 Å². The fraction of sp³-hybridized carbons (Fsp3) is 0.211. The van der Waals surface area contributed by atoms with Gasteiger partial charge in [-0.15, -0.1) is 10.2 Å². The van der Waals surface area contributed by atoms with Crippen molar-refractivity contribution in [2.75, 3.05) is 5.43 Å². The molecule has 1 aliphatic heterocycles. The van der Waals surface area contributed by atoms with Gasteiger partial charge in [0.2, 0.25) is 5.16 Å². The number of carbonyl (C=O) groups is 1. The lowest BCUT2D eigenvalue weighted by molar-refractivity contribution is 0.0980. The topological polar surface area (TPSA) is 59.8 Å². The summed E-state index contributed by atoms with van der Waals surface area (Å²) in [5, 5.41) is 9.99. The van der Waals surface area contributed by atoms with Gasteiger partial charge < -0.3 is 5.43 Å². The molecule has 0 spiro atoms. The van der Waals surface area contributed by atoms with Crippen LogP contribution in [0.1, 0.15) is 34.7 Å². The van der Waals surface area contributed by atoms with Crippen LogP contribution in [0.25, 0.3) is 0 Å². The summed E-state index contributed by atoms with van der Waals surface area (Å²) in [6.07, 6.45) is 0.740. The van der Waals surface area contributed by atoms with Crippen LogP contribution in [0.2, 0.25) is 10.0 Å². The van der Waals surface area contributed by atoms with E-state index >= 15 is 0 Å². The van der Waals surface area contributed by atoms with E-state index in [1.54, 1.807) is 24.3 Å². The Labute approximate surface area is 171 Å². The second-order valence-electron chi connectivity index (χ2n) is 6.16. The number of thioether (sulfide) groups is 1. The molecule has 0 fully saturated rings. The van der Waals surface area contributed by atoms with Crippen LogP contribution < -0.4 is 5.43 Å². The Hall–Kier alpha value is -2.02. The van der Waals surface area contributed by atoms with Crippen molar-refractivity contribution in [3.8, 4) is 0 Å². The van der Waals surface area contributed by atoms with Crippen molar-refractivity contribution in [2.45, 2.75) is 29.8 Å². The molecule has 1 N–H and O–H groups in total. The molecule has 0 aliphatic carbocycles. The molecule has 0 saturated carbocycles. The molecular weight excluding hydrogens is 403 g/mol. The number of nitrogens with zero attached hydrogens (tertiary/aromatic N) is 3. The highest BCUT2D eigenvalue weighted by molar-refractivity contribution is 8.00. The summed E-state index contributed by atoms with van der Waals surface area (Å²) >= 11 is 13.4. The number of hydrogen-bond donors (Lipinski definition) is 1. The average Bonchev–Trinajstić information content (AvgIpc) is 3.10. The maximum Gasteiger partial charge on any atom is 0.210 e. The summed E-state index contributed by atoms with van der Waals surface area (Å²) in [6, 6.07) is 14.2. The van der Waals surface area contributed by atoms with Gasteiger partial charge in [-0.1, -0.05) is 54.0 Å². The number of nitrogens with one attached hydrogen (secondary N) is 1. The third-order valence-corrected chi connectivity index (χ3v) is 6.16. The SMILES string of the molecule is CCc1nnc2n1NC(c1ccc(Cl)cc1)C(C(=O)c1ccc(Cl)cc1)S2. The highest BCUT2D eigenvalue weighted by Gasteiger charge is 2.37. The molecule has 5 nitrogen and oxygen atoms in total. The molecule has 1 aliphatic rings. The first-order valence-electron chi connectivity index (χ1n) is 8.49. The van der Waals surface area contributed by atoms with Crippen LogP contribution in [0.5, 0.6) is 0 Å². The zero-order valence-corrected chi connectivity index (χ0v) is 16.7. The van der Waals surface area contributed by atoms with E-state index in [9.17, 15) is 4.79 Å². The van der Waals surface area contributed by atoms with Crippen LogP contribution in [0.3, 0.4) is 0 Å². The summed E-state index contributed by atoms with van der Waals surface area (Å²) in [7, 11) is 0. The van der Waals surface area contributed by atoms with Gasteiger partial charge in [0.15, 0.2) is 11.6 Å². The molecule has 1 aromatic heterocycles. The molecule has 0 amide bonds. The van der Waals surface area contributed by atoms with Gasteiger partial charge in [0.05, 0.1) is 6.04 Å². The first-order valence-corrected chi connectivity index (χ1v) is 10.1. The Kier molecular flexibility index (Phi) is 5.12. The van der Waals surface area contributed by atoms with Crippen molar-refractivity contribution < 1.29 is 4.79 Å². The van der Waals surface area contributed by atoms with Gasteiger partial charge in [0.1, 0.15) is 5.25 Å². The van der Waals surface area contributed by atoms with Gasteiger partial charge in [-0.2, -0.15) is 0 Å². The van der Waals surface area contributed by atoms with E-state index in [4.69, 9.17) is 23.2 Å². The van der Waals surface area contributed by atoms with Gasteiger partial charge in [-0.05, 0) is 42.0 Å². The number of benzene rings is 2. The minimum absolute atomic E-state index is 0.0106. The van der Waals surface area contributed by atoms with Crippen molar-refractivity contribution in [3.63, 3.8) is 0 Å². The molecule has 2 atom stereocenters. The van der Waals surface area contributed by atoms with E-state index in [1.165, 1.54) is 11.8 Å². The van der Waals surface area contributed by atoms with Crippen LogP contribution in [-0.2, 0) is 6.42 Å². The molecule has 3 aromatic rings. The molecule has 2 aromatic carbocycles. The largest absolute Gasteiger partial charge is 0.313 e. The smallest absolute Gasteiger partial charge is 0.210 e. The van der Waals surface area contributed by atoms with Crippen LogP contribution in [-0.4, -0.2) is 25.9 Å². The maximum atomic E-state index is 13.3. The van der Waals surface area contributed by atoms with Crippen LogP contribution in [0.15, 0.2) is 53.7 Å². The quantitative estimate of drug-likeness (QED) is 0.617. The van der Waals surface area contributed by atoms with Crippen molar-refractivity contribution >= 4 is 40.7 Å². The summed E-state index contributed by atoms with van der Waals surface area (Å²) < 4.78 is 1.87. The molecule has 0 saturated heterocycles. The molecule has 8 heteroatoms. The summed E-state index contributed by atoms with van der Waals surface area (Å²) in [4.78, 5) is 13.3. The Balaban J connectivity index is 1.75. The van der Waals surface area contributed by atoms with E-state index < -0.39 is 5.25 Å². The Morgan fingerprint density at radius 2 is 1.70 bits per heavy atom. The monoisotopic (exact) mass is 418 g/mol. The molecule has 4 rings (SSSR count). The Morgan fingerprint density at radius 3 is 2.33 bits per heavy atom. The maximum absolute atomic E-state index is 13.3. The molecule has 2 heterocycles. The van der Waals surface area contributed by atoms with Crippen LogP contribution in [0.4, 0.5) is 0 Å². The number of aryl methyl sites for hydroxylation is 1. The number of aromatic nitrogens is 3. The van der Waals surface area contributed by atoms with Crippen LogP contribution >= 0.6 is 35.0 Å². The highest BCUT2D eigenvalue weighted by atomic mass is 35.5. The fourth-order valence-corrected chi connectivity index (χ4v) is 4.45. The highest BCUT2D eigenvalue weighted by Crippen LogP contribution is 2.39. The summed E-state index contributed by atoms with van der Waals surface area (Å²) in [6.45, 7) is 2.02. The lowest BCUT2D eigenvalue weighted by Crippen LogP contribution is -2.39. The van der Waals surface area contributed by atoms with Crippen molar-refractivity contribution in [1.82, 2.24) is 14.9 Å². The first-order chi connectivity index (χ1) is 13.1. The minimum atomic E-state index is -0.395. The minimum Gasteiger partial charge on any atom is -0.313 e. The number of hydrogen-bond acceptors (Lipinski definition) is 5. The molecule has 2 unspecified atom stereocenters. The van der Waals surface area contributed by atoms with Gasteiger partial charge in [0.25, 0.3) is 0 Å². The van der Waals surface area contributed by atoms with Crippen molar-refractivity contribution in [1.29, 1.82) is 0 Å². The Morgan fingerprint density at radius 1 is 1.07 bits per heavy atom. The zero-order valence-electron chi connectivity index (χ0n) is 14.4. The van der Waals surface area contributed by atoms with E-state index in [-0.39, 0.29) is 11.8 Å². The predicted molar refractivity (Wildman–Crippen MR) is 108 cm³/mol. The lowest BCUT2D eigenvalue weighted by Gasteiger charge is -2.33. The van der Waals surface area contributed by atoms with E-state index in [1.807, 2.05) is 35.9 Å². The van der Waals surface area contributed by atoms with E-state index in [0.717, 1.165) is 17.8 Å². The number of halogens is 2. The number of carbonyl (C=O) groups excluding carboxylic acids is 1. The zero-order chi connectivity index (χ0) is 19.0. The molecular formula is C19H16Cl2N4OS. The third-order valence-electron chi connectivity index (χ3n) is 4.44. The molecule has 138 valence electrons. The second kappa shape index (κ2) is 7.54. The van der Waals surface area contributed by atoms with Crippen LogP contribution in [0, 0.1) is 0 Å². The molecule has 0 radical (unpaired) electrons. The van der Waals surface area contributed by atoms with Crippen molar-refractivity contribution in [2.24, 2.45) is 0 Å². The summed E-state index contributed by atoms with van der Waals surface area (Å²) in [5.41, 5.74) is 5.01. The normalized spacial score (nSPS) is 18.6. The fourth-order valence-electron chi connectivity index (χ4n) is 3.03. The van der Waals surface area contributed by atoms with Gasteiger partial charge >= 0.3 is 0 Å². The second-order valence-corrected chi connectivity index (χ2v) is 8.14. The number of ketones is 1. The molecule has 27 heavy (non-hydrogen) atoms. The van der Waals surface area contributed by atoms with Gasteiger partial charge in [-0.25, -0.2) is 4.68 Å². The Bertz CT molecular complexity index is 972. The third kappa shape index (κ3) is 3.57. The molecule has 0 bridgehead atoms. The van der Waals surface area contributed by atoms with Gasteiger partial charge in [-0.3, -0.25) is 4.79 Å². The van der Waals surface area contributed by atoms with E-state index in [2.05, 4.69) is 15.6 Å². The predicted octanol–water partition coefficient (Wildman–Crippen LogP) is 4.79. The van der Waals surface area contributed by atoms with Gasteiger partial charge in [0, 0.05) is 22.0 Å². The lowest BCUT2D eigenvalue weighted by atomic mass is 9.97. The number of Topliss-reactive ketones (excluding diaryl/α,β-unsaturated/α-hetero) is 1. The summed E-state index contributed by atoms with van der Waals surface area (Å²) in [5.74, 6) is 0.838. The average molecular weight is 419 g/mol. The number of rotatable bonds is 4. The van der Waals surface area contributed by atoms with Crippen molar-refractivity contribution in [3.05, 3.63) is 75.5 Å². The number of fused-ring (bicyclic) bond motifs is 1. The standard InChI is InChI=1S/C19H16Cl2N4OS/c1-2-15-22-23-19-25(15)24-16(11-3-7-13(20)8-4-11)18(27-19)17(26)12-5-9-14(21)10-6-12/h3-10,16,18,24H,2H2,1H3. The first kappa shape index (κ1) is 18.3.